The first-order valence-corrected chi connectivity index (χ1v) is 23.1. The zero-order valence-corrected chi connectivity index (χ0v) is 37.1. The second-order valence-electron chi connectivity index (χ2n) is 13.8. The Morgan fingerprint density at radius 3 is 1.58 bits per heavy atom. The predicted octanol–water partition coefficient (Wildman–Crippen LogP) is 10.5. The highest BCUT2D eigenvalue weighted by Crippen LogP contribution is 2.43. The van der Waals surface area contributed by atoms with Crippen LogP contribution in [-0.2, 0) is 32.7 Å². The van der Waals surface area contributed by atoms with Gasteiger partial charge in [-0.15, -0.1) is 0 Å². The molecule has 0 aromatic rings. The van der Waals surface area contributed by atoms with Gasteiger partial charge >= 0.3 is 19.8 Å². The highest BCUT2D eigenvalue weighted by molar-refractivity contribution is 7.47. The molecule has 4 N–H and O–H groups in total. The van der Waals surface area contributed by atoms with Gasteiger partial charge in [0.05, 0.1) is 25.9 Å². The number of esters is 2. The molecule has 0 rings (SSSR count). The van der Waals surface area contributed by atoms with Crippen LogP contribution in [0.2, 0.25) is 0 Å². The Kier molecular flexibility index (Phi) is 39.5. The van der Waals surface area contributed by atoms with Gasteiger partial charge in [-0.05, 0) is 89.9 Å². The number of aliphatic hydroxyl groups excluding tert-OH is 3. The van der Waals surface area contributed by atoms with E-state index in [1.165, 1.54) is 0 Å². The molecule has 0 bridgehead atoms. The van der Waals surface area contributed by atoms with E-state index in [0.29, 0.717) is 19.3 Å². The SMILES string of the molecule is CC/C=C\C/C=C\C/C=C\C/C=C\C=C\C(O)CCCC(=O)OC[C@H](COP(=O)(O)OC[C@@H](O)CO)OC(=O)CCCCC/C=C\C/C=C\C/C=C\C/C=C\C/C=C\CC. The Hall–Kier alpha value is -3.67. The molecule has 2 unspecified atom stereocenters. The molecule has 0 saturated heterocycles. The van der Waals surface area contributed by atoms with Crippen LogP contribution in [0, 0.1) is 0 Å². The fraction of sp³-hybridized carbons (Fsp3) is 0.542. The summed E-state index contributed by atoms with van der Waals surface area (Å²) in [5.74, 6) is -1.18. The zero-order valence-electron chi connectivity index (χ0n) is 36.2. The van der Waals surface area contributed by atoms with Gasteiger partial charge in [-0.1, -0.05) is 142 Å². The van der Waals surface area contributed by atoms with E-state index in [1.807, 2.05) is 12.2 Å². The Labute approximate surface area is 360 Å². The molecule has 11 nitrogen and oxygen atoms in total. The lowest BCUT2D eigenvalue weighted by atomic mass is 10.1. The first-order chi connectivity index (χ1) is 29.1. The summed E-state index contributed by atoms with van der Waals surface area (Å²) in [4.78, 5) is 35.0. The van der Waals surface area contributed by atoms with Gasteiger partial charge < -0.3 is 29.7 Å². The Morgan fingerprint density at radius 1 is 0.567 bits per heavy atom. The Morgan fingerprint density at radius 2 is 1.05 bits per heavy atom. The topological polar surface area (TPSA) is 169 Å². The summed E-state index contributed by atoms with van der Waals surface area (Å²) in [6.07, 6.45) is 50.5. The number of phosphoric acid groups is 1. The van der Waals surface area contributed by atoms with Crippen LogP contribution in [0.1, 0.15) is 123 Å². The van der Waals surface area contributed by atoms with Crippen LogP contribution in [0.5, 0.6) is 0 Å². The molecule has 338 valence electrons. The maximum Gasteiger partial charge on any atom is 0.472 e. The van der Waals surface area contributed by atoms with Crippen molar-refractivity contribution in [2.45, 2.75) is 141 Å². The fourth-order valence-electron chi connectivity index (χ4n) is 4.93. The number of unbranched alkanes of at least 4 members (excludes halogenated alkanes) is 3. The Bertz CT molecular complexity index is 1420. The highest BCUT2D eigenvalue weighted by atomic mass is 31.2. The first-order valence-electron chi connectivity index (χ1n) is 21.6. The second-order valence-corrected chi connectivity index (χ2v) is 15.3. The summed E-state index contributed by atoms with van der Waals surface area (Å²) in [6, 6.07) is 0. The molecule has 60 heavy (non-hydrogen) atoms. The molecule has 0 heterocycles. The van der Waals surface area contributed by atoms with Crippen molar-refractivity contribution in [3.8, 4) is 0 Å². The minimum absolute atomic E-state index is 0.00502. The number of hydrogen-bond donors (Lipinski definition) is 4. The summed E-state index contributed by atoms with van der Waals surface area (Å²) in [5.41, 5.74) is 0. The number of phosphoric ester groups is 1. The van der Waals surface area contributed by atoms with Crippen molar-refractivity contribution in [2.24, 2.45) is 0 Å². The molecule has 0 radical (unpaired) electrons. The predicted molar refractivity (Wildman–Crippen MR) is 243 cm³/mol. The number of allylic oxidation sites excluding steroid dienone is 19. The Balaban J connectivity index is 4.58. The summed E-state index contributed by atoms with van der Waals surface area (Å²) in [6.45, 7) is 1.85. The number of rotatable bonds is 38. The molecule has 0 saturated carbocycles. The van der Waals surface area contributed by atoms with Crippen molar-refractivity contribution in [3.63, 3.8) is 0 Å². The van der Waals surface area contributed by atoms with Crippen molar-refractivity contribution >= 4 is 19.8 Å². The standard InChI is InChI=1S/C48H75O11P/c1-3-5-7-9-11-13-15-17-18-19-20-21-22-24-26-28-30-32-34-38-48(53)59-46(43-58-60(54,55)57-41-45(51)40-49)42-56-47(52)39-35-37-44(50)36-33-31-29-27-25-23-16-14-12-10-8-6-4-2/h5-8,11-14,17-18,20-21,23-26,29,31,33,36,44-46,49-51H,3-4,9-10,15-16,19,22,27-28,30,32,34-35,37-43H2,1-2H3,(H,54,55)/b7-5-,8-6-,13-11-,14-12-,18-17-,21-20-,25-23-,26-24-,31-29-,36-33+/t44?,45-,46+/m0/s1. The van der Waals surface area contributed by atoms with Gasteiger partial charge in [0.1, 0.15) is 12.7 Å². The largest absolute Gasteiger partial charge is 0.472 e. The number of aliphatic hydroxyl groups is 3. The molecule has 0 aliphatic heterocycles. The lowest BCUT2D eigenvalue weighted by molar-refractivity contribution is -0.161. The van der Waals surface area contributed by atoms with Crippen LogP contribution in [0.15, 0.2) is 122 Å². The zero-order chi connectivity index (χ0) is 44.2. The number of hydrogen-bond acceptors (Lipinski definition) is 10. The quantitative estimate of drug-likeness (QED) is 0.0153. The van der Waals surface area contributed by atoms with Crippen molar-refractivity contribution < 1.29 is 52.9 Å². The molecular formula is C48H75O11P. The summed E-state index contributed by atoms with van der Waals surface area (Å²) in [7, 11) is -4.68. The van der Waals surface area contributed by atoms with Gasteiger partial charge in [0, 0.05) is 12.8 Å². The lowest BCUT2D eigenvalue weighted by Crippen LogP contribution is -2.30. The molecule has 4 atom stereocenters. The third-order valence-electron chi connectivity index (χ3n) is 8.22. The molecule has 0 amide bonds. The molecule has 0 aliphatic carbocycles. The first kappa shape index (κ1) is 56.3. The number of carbonyl (C=O) groups excluding carboxylic acids is 2. The minimum Gasteiger partial charge on any atom is -0.462 e. The van der Waals surface area contributed by atoms with Crippen molar-refractivity contribution in [2.75, 3.05) is 26.4 Å². The van der Waals surface area contributed by atoms with Gasteiger partial charge in [0.15, 0.2) is 6.10 Å². The molecule has 0 fully saturated rings. The smallest absolute Gasteiger partial charge is 0.462 e. The lowest BCUT2D eigenvalue weighted by Gasteiger charge is -2.20. The average Bonchev–Trinajstić information content (AvgIpc) is 3.23. The van der Waals surface area contributed by atoms with Crippen molar-refractivity contribution in [1.29, 1.82) is 0 Å². The maximum absolute atomic E-state index is 12.6. The van der Waals surface area contributed by atoms with Crippen LogP contribution in [-0.4, -0.2) is 76.9 Å². The van der Waals surface area contributed by atoms with Gasteiger partial charge in [0.25, 0.3) is 0 Å². The van der Waals surface area contributed by atoms with Crippen LogP contribution < -0.4 is 0 Å². The van der Waals surface area contributed by atoms with E-state index in [2.05, 4.69) is 116 Å². The fourth-order valence-corrected chi connectivity index (χ4v) is 5.72. The third kappa shape index (κ3) is 41.1. The van der Waals surface area contributed by atoms with E-state index in [4.69, 9.17) is 19.1 Å². The normalized spacial score (nSPS) is 15.5. The van der Waals surface area contributed by atoms with Crippen LogP contribution in [0.25, 0.3) is 0 Å². The van der Waals surface area contributed by atoms with E-state index in [9.17, 15) is 29.3 Å². The van der Waals surface area contributed by atoms with Crippen LogP contribution in [0.3, 0.4) is 0 Å². The average molecular weight is 859 g/mol. The van der Waals surface area contributed by atoms with E-state index < -0.39 is 64.5 Å². The molecular weight excluding hydrogens is 783 g/mol. The third-order valence-corrected chi connectivity index (χ3v) is 9.17. The van der Waals surface area contributed by atoms with Crippen LogP contribution in [0.4, 0.5) is 0 Å². The summed E-state index contributed by atoms with van der Waals surface area (Å²) >= 11 is 0. The van der Waals surface area contributed by atoms with Gasteiger partial charge in [-0.2, -0.15) is 0 Å². The molecule has 0 aromatic carbocycles. The summed E-state index contributed by atoms with van der Waals surface area (Å²) in [5, 5.41) is 28.6. The number of carbonyl (C=O) groups is 2. The van der Waals surface area contributed by atoms with Gasteiger partial charge in [0.2, 0.25) is 0 Å². The van der Waals surface area contributed by atoms with E-state index in [-0.39, 0.29) is 12.8 Å². The van der Waals surface area contributed by atoms with E-state index in [0.717, 1.165) is 77.0 Å². The van der Waals surface area contributed by atoms with Crippen molar-refractivity contribution in [3.05, 3.63) is 122 Å². The van der Waals surface area contributed by atoms with Crippen molar-refractivity contribution in [1.82, 2.24) is 0 Å². The van der Waals surface area contributed by atoms with E-state index >= 15 is 0 Å². The second kappa shape index (κ2) is 42.0. The molecule has 0 aliphatic rings. The van der Waals surface area contributed by atoms with Crippen LogP contribution >= 0.6 is 7.82 Å². The highest BCUT2D eigenvalue weighted by Gasteiger charge is 2.27. The van der Waals surface area contributed by atoms with Gasteiger partial charge in [-0.3, -0.25) is 18.6 Å². The summed E-state index contributed by atoms with van der Waals surface area (Å²) < 4.78 is 32.5. The minimum atomic E-state index is -4.68. The maximum atomic E-state index is 12.6. The number of ether oxygens (including phenoxy) is 2. The van der Waals surface area contributed by atoms with E-state index in [1.54, 1.807) is 12.2 Å². The molecule has 0 aromatic heterocycles. The van der Waals surface area contributed by atoms with Gasteiger partial charge in [-0.25, -0.2) is 4.57 Å². The molecule has 12 heteroatoms. The monoisotopic (exact) mass is 859 g/mol. The molecule has 0 spiro atoms.